The van der Waals surface area contributed by atoms with E-state index >= 15 is 0 Å². The molecular formula is C17H18Br2N4O5S. The molecule has 0 saturated carbocycles. The third-order valence-electron chi connectivity index (χ3n) is 3.96. The molecule has 0 radical (unpaired) electrons. The van der Waals surface area contributed by atoms with Crippen molar-refractivity contribution in [3.63, 3.8) is 0 Å². The molecule has 0 bridgehead atoms. The Kier molecular flexibility index (Phi) is 7.86. The highest BCUT2D eigenvalue weighted by atomic mass is 79.9. The number of anilines is 1. The van der Waals surface area contributed by atoms with Gasteiger partial charge in [0.15, 0.2) is 11.2 Å². The lowest BCUT2D eigenvalue weighted by molar-refractivity contribution is 0.0697. The van der Waals surface area contributed by atoms with Crippen LogP contribution in [0.3, 0.4) is 0 Å². The molecule has 0 aliphatic carbocycles. The van der Waals surface area contributed by atoms with Crippen molar-refractivity contribution in [1.29, 1.82) is 0 Å². The molecule has 0 aliphatic rings. The molecule has 29 heavy (non-hydrogen) atoms. The van der Waals surface area contributed by atoms with Gasteiger partial charge in [-0.15, -0.1) is 10.2 Å². The zero-order chi connectivity index (χ0) is 21.8. The van der Waals surface area contributed by atoms with Gasteiger partial charge in [-0.3, -0.25) is 4.55 Å². The fourth-order valence-electron chi connectivity index (χ4n) is 2.69. The Morgan fingerprint density at radius 2 is 1.93 bits per heavy atom. The molecule has 1 atom stereocenters. The van der Waals surface area contributed by atoms with Gasteiger partial charge in [-0.25, -0.2) is 9.78 Å². The number of azo groups is 1. The predicted octanol–water partition coefficient (Wildman–Crippen LogP) is 5.17. The van der Waals surface area contributed by atoms with E-state index in [9.17, 15) is 22.9 Å². The third kappa shape index (κ3) is 5.81. The Hall–Kier alpha value is -1.89. The highest BCUT2D eigenvalue weighted by Gasteiger charge is 2.28. The van der Waals surface area contributed by atoms with Crippen LogP contribution in [0.5, 0.6) is 0 Å². The Bertz CT molecular complexity index is 1050. The van der Waals surface area contributed by atoms with Crippen molar-refractivity contribution in [2.45, 2.75) is 25.6 Å². The van der Waals surface area contributed by atoms with Crippen molar-refractivity contribution < 1.29 is 22.9 Å². The highest BCUT2D eigenvalue weighted by molar-refractivity contribution is 9.11. The fourth-order valence-corrected chi connectivity index (χ4v) is 4.77. The average Bonchev–Trinajstić information content (AvgIpc) is 2.64. The van der Waals surface area contributed by atoms with Gasteiger partial charge in [-0.2, -0.15) is 8.42 Å². The summed E-state index contributed by atoms with van der Waals surface area (Å²) in [5, 5.41) is 16.3. The molecule has 9 nitrogen and oxygen atoms in total. The lowest BCUT2D eigenvalue weighted by Crippen LogP contribution is -2.40. The van der Waals surface area contributed by atoms with E-state index in [0.717, 1.165) is 4.47 Å². The summed E-state index contributed by atoms with van der Waals surface area (Å²) in [5.74, 6) is -0.985. The van der Waals surface area contributed by atoms with Gasteiger partial charge >= 0.3 is 5.97 Å². The summed E-state index contributed by atoms with van der Waals surface area (Å²) < 4.78 is 34.2. The lowest BCUT2D eigenvalue weighted by Gasteiger charge is -2.30. The van der Waals surface area contributed by atoms with E-state index in [2.05, 4.69) is 47.1 Å². The summed E-state index contributed by atoms with van der Waals surface area (Å²) in [4.78, 5) is 17.2. The molecule has 1 aromatic heterocycles. The molecule has 0 aliphatic heterocycles. The maximum Gasteiger partial charge on any atom is 0.338 e. The first-order valence-corrected chi connectivity index (χ1v) is 11.5. The number of carboxylic acids is 1. The van der Waals surface area contributed by atoms with Crippen LogP contribution >= 0.6 is 31.9 Å². The van der Waals surface area contributed by atoms with E-state index in [-0.39, 0.29) is 30.0 Å². The van der Waals surface area contributed by atoms with Crippen LogP contribution in [-0.4, -0.2) is 40.9 Å². The predicted molar refractivity (Wildman–Crippen MR) is 116 cm³/mol. The quantitative estimate of drug-likeness (QED) is 0.342. The number of aromatic nitrogens is 1. The van der Waals surface area contributed by atoms with Crippen molar-refractivity contribution in [1.82, 2.24) is 4.98 Å². The molecule has 2 N–H and O–H groups in total. The number of benzene rings is 1. The molecule has 2 aromatic rings. The van der Waals surface area contributed by atoms with Crippen LogP contribution < -0.4 is 4.90 Å². The molecule has 0 fully saturated rings. The molecule has 1 aromatic carbocycles. The van der Waals surface area contributed by atoms with Crippen molar-refractivity contribution in [2.24, 2.45) is 10.2 Å². The van der Waals surface area contributed by atoms with E-state index in [1.807, 2.05) is 0 Å². The largest absolute Gasteiger partial charge is 0.478 e. The van der Waals surface area contributed by atoms with Gasteiger partial charge < -0.3 is 10.0 Å². The minimum Gasteiger partial charge on any atom is -0.478 e. The van der Waals surface area contributed by atoms with Crippen LogP contribution in [0.4, 0.5) is 17.2 Å². The number of nitrogens with zero attached hydrogens (tertiary/aromatic N) is 4. The van der Waals surface area contributed by atoms with E-state index < -0.39 is 21.5 Å². The second-order valence-corrected chi connectivity index (χ2v) is 9.17. The van der Waals surface area contributed by atoms with Crippen molar-refractivity contribution in [3.8, 4) is 0 Å². The summed E-state index contributed by atoms with van der Waals surface area (Å²) in [7, 11) is -4.35. The monoisotopic (exact) mass is 548 g/mol. The van der Waals surface area contributed by atoms with Gasteiger partial charge in [0.2, 0.25) is 0 Å². The van der Waals surface area contributed by atoms with Crippen molar-refractivity contribution in [2.75, 3.05) is 11.4 Å². The van der Waals surface area contributed by atoms with Gasteiger partial charge in [0, 0.05) is 22.9 Å². The van der Waals surface area contributed by atoms with Crippen LogP contribution in [-0.2, 0) is 10.1 Å². The number of halogens is 2. The smallest absolute Gasteiger partial charge is 0.338 e. The fraction of sp³-hybridized carbons (Fsp3) is 0.294. The average molecular weight is 550 g/mol. The van der Waals surface area contributed by atoms with Gasteiger partial charge in [-0.05, 0) is 69.5 Å². The molecule has 1 heterocycles. The summed E-state index contributed by atoms with van der Waals surface area (Å²) in [6, 6.07) is 5.98. The molecule has 0 amide bonds. The molecule has 156 valence electrons. The summed E-state index contributed by atoms with van der Waals surface area (Å²) in [6.45, 7) is 3.57. The summed E-state index contributed by atoms with van der Waals surface area (Å²) in [6.07, 6.45) is 1.65. The number of pyridine rings is 1. The Labute approximate surface area is 184 Å². The molecule has 12 heteroatoms. The van der Waals surface area contributed by atoms with E-state index in [1.165, 1.54) is 29.3 Å². The summed E-state index contributed by atoms with van der Waals surface area (Å²) >= 11 is 6.58. The number of rotatable bonds is 8. The zero-order valence-corrected chi connectivity index (χ0v) is 19.4. The second kappa shape index (κ2) is 9.74. The highest BCUT2D eigenvalue weighted by Crippen LogP contribution is 2.31. The minimum absolute atomic E-state index is 0.0776. The number of aromatic carboxylic acids is 1. The Morgan fingerprint density at radius 3 is 2.45 bits per heavy atom. The van der Waals surface area contributed by atoms with Gasteiger partial charge in [0.1, 0.15) is 5.69 Å². The lowest BCUT2D eigenvalue weighted by atomic mass is 10.1. The molecular weight excluding hydrogens is 532 g/mol. The topological polar surface area (TPSA) is 133 Å². The third-order valence-corrected chi connectivity index (χ3v) is 6.26. The van der Waals surface area contributed by atoms with Crippen LogP contribution in [0.15, 0.2) is 49.6 Å². The number of carboxylic acid groups (broad SMARTS) is 1. The normalized spacial score (nSPS) is 12.9. The molecule has 2 rings (SSSR count). The van der Waals surface area contributed by atoms with Crippen LogP contribution in [0.1, 0.15) is 30.6 Å². The minimum atomic E-state index is -4.35. The first kappa shape index (κ1) is 23.4. The van der Waals surface area contributed by atoms with E-state index in [1.54, 1.807) is 19.9 Å². The second-order valence-electron chi connectivity index (χ2n) is 5.83. The SMILES string of the molecule is CCC(N(CC)c1ccc(/N=N/c2ncc(Br)cc2Br)c(C(=O)O)c1)S(=O)(=O)O. The van der Waals surface area contributed by atoms with Crippen molar-refractivity contribution >= 4 is 65.1 Å². The molecule has 1 unspecified atom stereocenters. The van der Waals surface area contributed by atoms with Crippen LogP contribution in [0.25, 0.3) is 0 Å². The zero-order valence-electron chi connectivity index (χ0n) is 15.5. The number of hydrogen-bond acceptors (Lipinski definition) is 7. The standard InChI is InChI=1S/C17H18Br2N4O5S/c1-3-15(29(26,27)28)23(4-2)11-5-6-14(12(8-11)17(24)25)21-22-16-13(19)7-10(18)9-20-16/h5-9,15H,3-4H2,1-2H3,(H,24,25)(H,26,27,28)/b22-21+. The first-order valence-electron chi connectivity index (χ1n) is 8.41. The first-order chi connectivity index (χ1) is 13.6. The van der Waals surface area contributed by atoms with Crippen LogP contribution in [0.2, 0.25) is 0 Å². The number of hydrogen-bond donors (Lipinski definition) is 2. The Balaban J connectivity index is 2.47. The maximum atomic E-state index is 11.7. The van der Waals surface area contributed by atoms with E-state index in [4.69, 9.17) is 0 Å². The summed E-state index contributed by atoms with van der Waals surface area (Å²) in [5.41, 5.74) is 0.244. The molecule has 0 saturated heterocycles. The van der Waals surface area contributed by atoms with Crippen LogP contribution in [0, 0.1) is 0 Å². The van der Waals surface area contributed by atoms with Gasteiger partial charge in [-0.1, -0.05) is 6.92 Å². The number of carbonyl (C=O) groups is 1. The van der Waals surface area contributed by atoms with Crippen molar-refractivity contribution in [3.05, 3.63) is 45.0 Å². The maximum absolute atomic E-state index is 11.7. The van der Waals surface area contributed by atoms with Gasteiger partial charge in [0.25, 0.3) is 10.1 Å². The Morgan fingerprint density at radius 1 is 1.24 bits per heavy atom. The van der Waals surface area contributed by atoms with Gasteiger partial charge in [0.05, 0.1) is 10.0 Å². The van der Waals surface area contributed by atoms with E-state index in [0.29, 0.717) is 10.2 Å². The molecule has 0 spiro atoms.